The number of nitrogen functional groups attached to an aromatic ring is 1. The lowest BCUT2D eigenvalue weighted by Gasteiger charge is -2.39. The molecule has 0 aliphatic carbocycles. The van der Waals surface area contributed by atoms with Gasteiger partial charge in [0.25, 0.3) is 0 Å². The number of hydrogen-bond acceptors (Lipinski definition) is 3. The molecule has 116 valence electrons. The molecular formula is C17H27N3O. The number of benzene rings is 1. The third kappa shape index (κ3) is 3.97. The van der Waals surface area contributed by atoms with Gasteiger partial charge in [0.15, 0.2) is 0 Å². The van der Waals surface area contributed by atoms with Crippen molar-refractivity contribution in [3.05, 3.63) is 24.3 Å². The Morgan fingerprint density at radius 3 is 2.67 bits per heavy atom. The molecule has 2 unspecified atom stereocenters. The summed E-state index contributed by atoms with van der Waals surface area (Å²) in [7, 11) is 0. The topological polar surface area (TPSA) is 58.4 Å². The molecule has 1 fully saturated rings. The zero-order valence-electron chi connectivity index (χ0n) is 13.1. The first-order valence-corrected chi connectivity index (χ1v) is 8.07. The molecule has 0 saturated carbocycles. The fourth-order valence-electron chi connectivity index (χ4n) is 3.23. The van der Waals surface area contributed by atoms with Crippen molar-refractivity contribution in [1.29, 1.82) is 0 Å². The molecule has 1 aromatic rings. The average molecular weight is 289 g/mol. The van der Waals surface area contributed by atoms with Gasteiger partial charge in [-0.1, -0.05) is 20.3 Å². The highest BCUT2D eigenvalue weighted by atomic mass is 16.2. The number of amides is 1. The third-order valence-corrected chi connectivity index (χ3v) is 4.41. The maximum Gasteiger partial charge on any atom is 0.241 e. The van der Waals surface area contributed by atoms with E-state index in [1.54, 1.807) is 0 Å². The van der Waals surface area contributed by atoms with Crippen LogP contribution in [0, 0.1) is 0 Å². The van der Waals surface area contributed by atoms with Gasteiger partial charge in [-0.15, -0.1) is 0 Å². The van der Waals surface area contributed by atoms with E-state index in [9.17, 15) is 4.79 Å². The highest BCUT2D eigenvalue weighted by Gasteiger charge is 2.31. The average Bonchev–Trinajstić information content (AvgIpc) is 2.51. The number of carbonyl (C=O) groups is 1. The van der Waals surface area contributed by atoms with E-state index in [2.05, 4.69) is 24.1 Å². The Morgan fingerprint density at radius 2 is 2.05 bits per heavy atom. The second-order valence-corrected chi connectivity index (χ2v) is 5.83. The first kappa shape index (κ1) is 15.8. The molecule has 2 atom stereocenters. The summed E-state index contributed by atoms with van der Waals surface area (Å²) in [5.41, 5.74) is 7.20. The summed E-state index contributed by atoms with van der Waals surface area (Å²) >= 11 is 0. The van der Waals surface area contributed by atoms with Crippen LogP contribution in [0.1, 0.15) is 46.0 Å². The Kier molecular flexibility index (Phi) is 5.62. The summed E-state index contributed by atoms with van der Waals surface area (Å²) in [4.78, 5) is 15.0. The number of anilines is 2. The fourth-order valence-corrected chi connectivity index (χ4v) is 3.23. The number of carbonyl (C=O) groups excluding carboxylic acids is 1. The lowest BCUT2D eigenvalue weighted by Crippen LogP contribution is -2.51. The molecule has 4 nitrogen and oxygen atoms in total. The molecule has 3 N–H and O–H groups in total. The van der Waals surface area contributed by atoms with Gasteiger partial charge in [0.2, 0.25) is 5.91 Å². The normalized spacial score (nSPS) is 21.0. The van der Waals surface area contributed by atoms with Gasteiger partial charge >= 0.3 is 0 Å². The van der Waals surface area contributed by atoms with Gasteiger partial charge in [0, 0.05) is 17.4 Å². The Morgan fingerprint density at radius 1 is 1.33 bits per heavy atom. The van der Waals surface area contributed by atoms with Crippen molar-refractivity contribution >= 4 is 17.3 Å². The summed E-state index contributed by atoms with van der Waals surface area (Å²) in [5, 5.41) is 3.03. The van der Waals surface area contributed by atoms with E-state index in [1.165, 1.54) is 19.3 Å². The van der Waals surface area contributed by atoms with Gasteiger partial charge in [-0.3, -0.25) is 9.69 Å². The van der Waals surface area contributed by atoms with E-state index < -0.39 is 0 Å². The zero-order chi connectivity index (χ0) is 15.2. The summed E-state index contributed by atoms with van der Waals surface area (Å²) in [5.74, 6) is 0.0996. The lowest BCUT2D eigenvalue weighted by atomic mass is 9.96. The molecule has 1 aliphatic rings. The maximum atomic E-state index is 12.6. The van der Waals surface area contributed by atoms with Crippen LogP contribution in [0.15, 0.2) is 24.3 Å². The van der Waals surface area contributed by atoms with Crippen molar-refractivity contribution in [1.82, 2.24) is 4.90 Å². The molecule has 0 bridgehead atoms. The molecule has 0 radical (unpaired) electrons. The molecule has 2 rings (SSSR count). The second-order valence-electron chi connectivity index (χ2n) is 5.83. The Labute approximate surface area is 127 Å². The SMILES string of the molecule is CCC1CCCCN1C(CC)C(=O)Nc1ccc(N)cc1. The minimum absolute atomic E-state index is 0.0344. The number of rotatable bonds is 5. The van der Waals surface area contributed by atoms with Crippen LogP contribution in [0.25, 0.3) is 0 Å². The zero-order valence-corrected chi connectivity index (χ0v) is 13.1. The van der Waals surface area contributed by atoms with Crippen molar-refractivity contribution in [2.75, 3.05) is 17.6 Å². The van der Waals surface area contributed by atoms with E-state index in [4.69, 9.17) is 5.73 Å². The fraction of sp³-hybridized carbons (Fsp3) is 0.588. The summed E-state index contributed by atoms with van der Waals surface area (Å²) < 4.78 is 0. The van der Waals surface area contributed by atoms with E-state index >= 15 is 0 Å². The van der Waals surface area contributed by atoms with E-state index in [-0.39, 0.29) is 11.9 Å². The summed E-state index contributed by atoms with van der Waals surface area (Å²) in [6, 6.07) is 7.84. The van der Waals surface area contributed by atoms with Gasteiger partial charge < -0.3 is 11.1 Å². The Bertz CT molecular complexity index is 458. The molecular weight excluding hydrogens is 262 g/mol. The van der Waals surface area contributed by atoms with Gasteiger partial charge in [0.1, 0.15) is 0 Å². The molecule has 0 aromatic heterocycles. The highest BCUT2D eigenvalue weighted by Crippen LogP contribution is 2.24. The van der Waals surface area contributed by atoms with Crippen LogP contribution >= 0.6 is 0 Å². The van der Waals surface area contributed by atoms with Gasteiger partial charge in [0.05, 0.1) is 6.04 Å². The van der Waals surface area contributed by atoms with Crippen LogP contribution in [0.5, 0.6) is 0 Å². The molecule has 1 saturated heterocycles. The summed E-state index contributed by atoms with van der Waals surface area (Å²) in [6.07, 6.45) is 5.65. The molecule has 1 aromatic carbocycles. The maximum absolute atomic E-state index is 12.6. The van der Waals surface area contributed by atoms with Crippen LogP contribution in [0.3, 0.4) is 0 Å². The number of hydrogen-bond donors (Lipinski definition) is 2. The molecule has 0 spiro atoms. The van der Waals surface area contributed by atoms with Crippen molar-refractivity contribution in [3.8, 4) is 0 Å². The molecule has 1 amide bonds. The quantitative estimate of drug-likeness (QED) is 0.818. The molecule has 1 aliphatic heterocycles. The Hall–Kier alpha value is -1.55. The smallest absolute Gasteiger partial charge is 0.241 e. The van der Waals surface area contributed by atoms with Crippen molar-refractivity contribution < 1.29 is 4.79 Å². The number of piperidine rings is 1. The number of nitrogens with two attached hydrogens (primary N) is 1. The van der Waals surface area contributed by atoms with Crippen LogP contribution in [0.4, 0.5) is 11.4 Å². The van der Waals surface area contributed by atoms with Gasteiger partial charge in [-0.05, 0) is 56.5 Å². The van der Waals surface area contributed by atoms with Crippen molar-refractivity contribution in [2.24, 2.45) is 0 Å². The minimum Gasteiger partial charge on any atom is -0.399 e. The second kappa shape index (κ2) is 7.46. The van der Waals surface area contributed by atoms with E-state index in [0.717, 1.165) is 25.1 Å². The molecule has 1 heterocycles. The molecule has 4 heteroatoms. The number of nitrogens with zero attached hydrogens (tertiary/aromatic N) is 1. The predicted octanol–water partition coefficient (Wildman–Crippen LogP) is 3.25. The van der Waals surface area contributed by atoms with Crippen LogP contribution in [-0.4, -0.2) is 29.4 Å². The number of nitrogens with one attached hydrogen (secondary N) is 1. The van der Waals surface area contributed by atoms with Crippen LogP contribution < -0.4 is 11.1 Å². The van der Waals surface area contributed by atoms with Crippen molar-refractivity contribution in [2.45, 2.75) is 58.0 Å². The van der Waals surface area contributed by atoms with Crippen LogP contribution in [-0.2, 0) is 4.79 Å². The highest BCUT2D eigenvalue weighted by molar-refractivity contribution is 5.94. The summed E-state index contributed by atoms with van der Waals surface area (Å²) in [6.45, 7) is 5.34. The first-order valence-electron chi connectivity index (χ1n) is 8.07. The van der Waals surface area contributed by atoms with Gasteiger partial charge in [-0.25, -0.2) is 0 Å². The third-order valence-electron chi connectivity index (χ3n) is 4.41. The predicted molar refractivity (Wildman–Crippen MR) is 88.2 cm³/mol. The van der Waals surface area contributed by atoms with Crippen molar-refractivity contribution in [3.63, 3.8) is 0 Å². The van der Waals surface area contributed by atoms with Gasteiger partial charge in [-0.2, -0.15) is 0 Å². The van der Waals surface area contributed by atoms with E-state index in [0.29, 0.717) is 11.7 Å². The largest absolute Gasteiger partial charge is 0.399 e. The Balaban J connectivity index is 2.05. The monoisotopic (exact) mass is 289 g/mol. The number of likely N-dealkylation sites (tertiary alicyclic amines) is 1. The molecule has 21 heavy (non-hydrogen) atoms. The van der Waals surface area contributed by atoms with Crippen LogP contribution in [0.2, 0.25) is 0 Å². The van der Waals surface area contributed by atoms with E-state index in [1.807, 2.05) is 24.3 Å². The lowest BCUT2D eigenvalue weighted by molar-refractivity contribution is -0.123. The standard InChI is InChI=1S/C17H27N3O/c1-3-15-7-5-6-12-20(15)16(4-2)17(21)19-14-10-8-13(18)9-11-14/h8-11,15-16H,3-7,12,18H2,1-2H3,(H,19,21). The first-order chi connectivity index (χ1) is 10.2. The minimum atomic E-state index is -0.0344.